The molecular formula is C17H17Cl2N3O. The van der Waals surface area contributed by atoms with E-state index < -0.39 is 0 Å². The zero-order chi connectivity index (χ0) is 16.2. The average Bonchev–Trinajstić information content (AvgIpc) is 2.58. The lowest BCUT2D eigenvalue weighted by molar-refractivity contribution is 0.102. The van der Waals surface area contributed by atoms with E-state index in [0.29, 0.717) is 21.4 Å². The summed E-state index contributed by atoms with van der Waals surface area (Å²) in [4.78, 5) is 18.8. The van der Waals surface area contributed by atoms with Gasteiger partial charge in [0.15, 0.2) is 0 Å². The highest BCUT2D eigenvalue weighted by Gasteiger charge is 2.14. The molecule has 2 heterocycles. The van der Waals surface area contributed by atoms with Crippen LogP contribution in [0.3, 0.4) is 0 Å². The molecule has 1 saturated heterocycles. The van der Waals surface area contributed by atoms with E-state index in [2.05, 4.69) is 15.2 Å². The molecule has 0 radical (unpaired) electrons. The summed E-state index contributed by atoms with van der Waals surface area (Å²) in [6.07, 6.45) is 5.45. The summed E-state index contributed by atoms with van der Waals surface area (Å²) < 4.78 is 0. The van der Waals surface area contributed by atoms with Gasteiger partial charge in [-0.15, -0.1) is 0 Å². The van der Waals surface area contributed by atoms with Gasteiger partial charge in [0.25, 0.3) is 5.91 Å². The van der Waals surface area contributed by atoms with E-state index in [1.54, 1.807) is 30.5 Å². The van der Waals surface area contributed by atoms with E-state index in [1.807, 2.05) is 6.07 Å². The first-order valence-corrected chi connectivity index (χ1v) is 8.36. The maximum Gasteiger partial charge on any atom is 0.274 e. The third-order valence-electron chi connectivity index (χ3n) is 3.88. The smallest absolute Gasteiger partial charge is 0.274 e. The standard InChI is InChI=1S/C17H17Cl2N3O/c18-12-4-6-15(14(19)10-12)21-17(23)16-7-5-13(11-20-16)22-8-2-1-3-9-22/h4-7,10-11H,1-3,8-9H2,(H,21,23). The highest BCUT2D eigenvalue weighted by molar-refractivity contribution is 6.36. The topological polar surface area (TPSA) is 45.2 Å². The molecule has 1 aliphatic heterocycles. The van der Waals surface area contributed by atoms with Gasteiger partial charge in [-0.05, 0) is 49.6 Å². The van der Waals surface area contributed by atoms with Crippen molar-refractivity contribution in [3.63, 3.8) is 0 Å². The fourth-order valence-corrected chi connectivity index (χ4v) is 3.09. The average molecular weight is 350 g/mol. The molecule has 0 unspecified atom stereocenters. The monoisotopic (exact) mass is 349 g/mol. The first kappa shape index (κ1) is 16.1. The maximum atomic E-state index is 12.3. The van der Waals surface area contributed by atoms with Gasteiger partial charge in [-0.3, -0.25) is 4.79 Å². The summed E-state index contributed by atoms with van der Waals surface area (Å²) in [5.41, 5.74) is 1.94. The summed E-state index contributed by atoms with van der Waals surface area (Å²) in [5, 5.41) is 3.67. The van der Waals surface area contributed by atoms with Gasteiger partial charge in [0, 0.05) is 18.1 Å². The minimum absolute atomic E-state index is 0.292. The third-order valence-corrected chi connectivity index (χ3v) is 4.43. The number of nitrogens with one attached hydrogen (secondary N) is 1. The van der Waals surface area contributed by atoms with Crippen LogP contribution in [0.5, 0.6) is 0 Å². The van der Waals surface area contributed by atoms with Crippen LogP contribution in [0.15, 0.2) is 36.5 Å². The number of pyridine rings is 1. The van der Waals surface area contributed by atoms with E-state index in [9.17, 15) is 4.79 Å². The van der Waals surface area contributed by atoms with Gasteiger partial charge in [-0.2, -0.15) is 0 Å². The van der Waals surface area contributed by atoms with Crippen molar-refractivity contribution >= 4 is 40.5 Å². The van der Waals surface area contributed by atoms with Crippen LogP contribution in [-0.2, 0) is 0 Å². The third kappa shape index (κ3) is 3.95. The van der Waals surface area contributed by atoms with Gasteiger partial charge < -0.3 is 10.2 Å². The zero-order valence-electron chi connectivity index (χ0n) is 12.6. The predicted octanol–water partition coefficient (Wildman–Crippen LogP) is 4.63. The Kier molecular flexibility index (Phi) is 5.03. The van der Waals surface area contributed by atoms with Crippen LogP contribution in [0.25, 0.3) is 0 Å². The molecule has 0 spiro atoms. The number of piperidine rings is 1. The molecule has 0 atom stereocenters. The number of nitrogens with zero attached hydrogens (tertiary/aromatic N) is 2. The fourth-order valence-electron chi connectivity index (χ4n) is 2.64. The number of benzene rings is 1. The van der Waals surface area contributed by atoms with Crippen LogP contribution in [0, 0.1) is 0 Å². The number of carbonyl (C=O) groups excluding carboxylic acids is 1. The minimum Gasteiger partial charge on any atom is -0.370 e. The second-order valence-corrected chi connectivity index (χ2v) is 6.37. The summed E-state index contributed by atoms with van der Waals surface area (Å²) in [5.74, 6) is -0.292. The van der Waals surface area contributed by atoms with Crippen molar-refractivity contribution in [2.45, 2.75) is 19.3 Å². The molecular weight excluding hydrogens is 333 g/mol. The number of halogens is 2. The Morgan fingerprint density at radius 1 is 1.09 bits per heavy atom. The second kappa shape index (κ2) is 7.20. The highest BCUT2D eigenvalue weighted by atomic mass is 35.5. The number of rotatable bonds is 3. The van der Waals surface area contributed by atoms with E-state index in [-0.39, 0.29) is 5.91 Å². The first-order valence-electron chi connectivity index (χ1n) is 7.61. The Hall–Kier alpha value is -1.78. The molecule has 1 aliphatic rings. The lowest BCUT2D eigenvalue weighted by Crippen LogP contribution is -2.29. The van der Waals surface area contributed by atoms with E-state index in [4.69, 9.17) is 23.2 Å². The molecule has 1 fully saturated rings. The molecule has 6 heteroatoms. The molecule has 120 valence electrons. The van der Waals surface area contributed by atoms with E-state index in [0.717, 1.165) is 18.8 Å². The largest absolute Gasteiger partial charge is 0.370 e. The molecule has 0 bridgehead atoms. The summed E-state index contributed by atoms with van der Waals surface area (Å²) >= 11 is 11.9. The summed E-state index contributed by atoms with van der Waals surface area (Å²) in [6, 6.07) is 8.62. The van der Waals surface area contributed by atoms with Gasteiger partial charge in [0.1, 0.15) is 5.69 Å². The maximum absolute atomic E-state index is 12.3. The Morgan fingerprint density at radius 3 is 2.52 bits per heavy atom. The van der Waals surface area contributed by atoms with Crippen molar-refractivity contribution in [1.82, 2.24) is 4.98 Å². The number of amides is 1. The normalized spacial score (nSPS) is 14.6. The Morgan fingerprint density at radius 2 is 1.87 bits per heavy atom. The fraction of sp³-hybridized carbons (Fsp3) is 0.294. The lowest BCUT2D eigenvalue weighted by atomic mass is 10.1. The molecule has 1 N–H and O–H groups in total. The first-order chi connectivity index (χ1) is 11.1. The molecule has 0 saturated carbocycles. The van der Waals surface area contributed by atoms with Crippen LogP contribution in [0.4, 0.5) is 11.4 Å². The van der Waals surface area contributed by atoms with Gasteiger partial charge in [-0.25, -0.2) is 4.98 Å². The minimum atomic E-state index is -0.292. The number of hydrogen-bond acceptors (Lipinski definition) is 3. The van der Waals surface area contributed by atoms with Crippen LogP contribution in [-0.4, -0.2) is 24.0 Å². The molecule has 0 aliphatic carbocycles. The highest BCUT2D eigenvalue weighted by Crippen LogP contribution is 2.26. The number of carbonyl (C=O) groups is 1. The van der Waals surface area contributed by atoms with Gasteiger partial charge in [-0.1, -0.05) is 23.2 Å². The molecule has 1 aromatic heterocycles. The Bertz CT molecular complexity index is 697. The van der Waals surface area contributed by atoms with Crippen LogP contribution >= 0.6 is 23.2 Å². The van der Waals surface area contributed by atoms with Crippen molar-refractivity contribution in [1.29, 1.82) is 0 Å². The van der Waals surface area contributed by atoms with Crippen LogP contribution in [0.1, 0.15) is 29.8 Å². The van der Waals surface area contributed by atoms with Crippen LogP contribution in [0.2, 0.25) is 10.0 Å². The predicted molar refractivity (Wildman–Crippen MR) is 94.7 cm³/mol. The molecule has 3 rings (SSSR count). The van der Waals surface area contributed by atoms with Gasteiger partial charge in [0.05, 0.1) is 22.6 Å². The van der Waals surface area contributed by atoms with Crippen molar-refractivity contribution in [2.24, 2.45) is 0 Å². The number of anilines is 2. The summed E-state index contributed by atoms with van der Waals surface area (Å²) in [7, 11) is 0. The lowest BCUT2D eigenvalue weighted by Gasteiger charge is -2.28. The molecule has 2 aromatic rings. The Balaban J connectivity index is 1.69. The summed E-state index contributed by atoms with van der Waals surface area (Å²) in [6.45, 7) is 2.10. The Labute approximate surface area is 145 Å². The van der Waals surface area contributed by atoms with Crippen molar-refractivity contribution < 1.29 is 4.79 Å². The molecule has 1 aromatic carbocycles. The van der Waals surface area contributed by atoms with E-state index >= 15 is 0 Å². The van der Waals surface area contributed by atoms with Gasteiger partial charge >= 0.3 is 0 Å². The van der Waals surface area contributed by atoms with Crippen molar-refractivity contribution in [3.05, 3.63) is 52.3 Å². The molecule has 4 nitrogen and oxygen atoms in total. The number of aromatic nitrogens is 1. The van der Waals surface area contributed by atoms with Crippen molar-refractivity contribution in [2.75, 3.05) is 23.3 Å². The zero-order valence-corrected chi connectivity index (χ0v) is 14.1. The SMILES string of the molecule is O=C(Nc1ccc(Cl)cc1Cl)c1ccc(N2CCCCC2)cn1. The second-order valence-electron chi connectivity index (χ2n) is 5.53. The molecule has 23 heavy (non-hydrogen) atoms. The van der Waals surface area contributed by atoms with Crippen LogP contribution < -0.4 is 10.2 Å². The molecule has 1 amide bonds. The van der Waals surface area contributed by atoms with E-state index in [1.165, 1.54) is 19.3 Å². The van der Waals surface area contributed by atoms with Crippen molar-refractivity contribution in [3.8, 4) is 0 Å². The number of hydrogen-bond donors (Lipinski definition) is 1. The van der Waals surface area contributed by atoms with Gasteiger partial charge in [0.2, 0.25) is 0 Å². The quantitative estimate of drug-likeness (QED) is 0.878.